The van der Waals surface area contributed by atoms with Crippen LogP contribution >= 0.6 is 0 Å². The van der Waals surface area contributed by atoms with Crippen molar-refractivity contribution < 1.29 is 0 Å². The highest BCUT2D eigenvalue weighted by Crippen LogP contribution is 2.38. The van der Waals surface area contributed by atoms with E-state index in [9.17, 15) is 0 Å². The second-order valence-corrected chi connectivity index (χ2v) is 12.1. The molecule has 0 bridgehead atoms. The predicted molar refractivity (Wildman–Crippen MR) is 203 cm³/mol. The number of anilines is 3. The Kier molecular flexibility index (Phi) is 7.10. The summed E-state index contributed by atoms with van der Waals surface area (Å²) in [6.45, 7) is 0. The Morgan fingerprint density at radius 2 is 1.00 bits per heavy atom. The second-order valence-electron chi connectivity index (χ2n) is 12.1. The van der Waals surface area contributed by atoms with E-state index in [0.717, 1.165) is 72.6 Å². The van der Waals surface area contributed by atoms with E-state index in [1.807, 2.05) is 36.5 Å². The molecule has 3 heterocycles. The van der Waals surface area contributed by atoms with Crippen LogP contribution in [-0.2, 0) is 0 Å². The summed E-state index contributed by atoms with van der Waals surface area (Å²) in [6.07, 6.45) is 1.83. The quantitative estimate of drug-likeness (QED) is 0.184. The highest BCUT2D eigenvalue weighted by atomic mass is 15.1. The summed E-state index contributed by atoms with van der Waals surface area (Å²) < 4.78 is 0. The van der Waals surface area contributed by atoms with Gasteiger partial charge in [-0.2, -0.15) is 0 Å². The zero-order valence-electron chi connectivity index (χ0n) is 26.6. The lowest BCUT2D eigenvalue weighted by Crippen LogP contribution is -2.09. The highest BCUT2D eigenvalue weighted by Gasteiger charge is 2.15. The topological polar surface area (TPSA) is 41.9 Å². The molecule has 230 valence electrons. The number of fused-ring (bicyclic) bond motifs is 3. The fourth-order valence-electron chi connectivity index (χ4n) is 6.61. The summed E-state index contributed by atoms with van der Waals surface area (Å²) >= 11 is 0. The average Bonchev–Trinajstić information content (AvgIpc) is 3.18. The monoisotopic (exact) mass is 626 g/mol. The van der Waals surface area contributed by atoms with Gasteiger partial charge in [0.2, 0.25) is 0 Å². The van der Waals surface area contributed by atoms with Crippen LogP contribution in [0, 0.1) is 0 Å². The van der Waals surface area contributed by atoms with Crippen LogP contribution in [0.25, 0.3) is 66.4 Å². The zero-order chi connectivity index (χ0) is 32.6. The van der Waals surface area contributed by atoms with Crippen LogP contribution in [0.15, 0.2) is 182 Å². The molecule has 0 aliphatic heterocycles. The Bertz CT molecular complexity index is 2600. The number of pyridine rings is 3. The van der Waals surface area contributed by atoms with Crippen LogP contribution in [-0.4, -0.2) is 15.0 Å². The molecule has 6 aromatic carbocycles. The Hall–Kier alpha value is -6.65. The highest BCUT2D eigenvalue weighted by molar-refractivity contribution is 5.95. The number of hydrogen-bond donors (Lipinski definition) is 0. The van der Waals surface area contributed by atoms with Crippen LogP contribution in [0.1, 0.15) is 0 Å². The van der Waals surface area contributed by atoms with Gasteiger partial charge < -0.3 is 4.90 Å². The van der Waals surface area contributed by atoms with Gasteiger partial charge in [0.15, 0.2) is 0 Å². The summed E-state index contributed by atoms with van der Waals surface area (Å²) in [6, 6.07) is 61.5. The first kappa shape index (κ1) is 28.6. The van der Waals surface area contributed by atoms with Crippen molar-refractivity contribution in [3.8, 4) is 33.6 Å². The lowest BCUT2D eigenvalue weighted by atomic mass is 10.0. The van der Waals surface area contributed by atoms with E-state index in [0.29, 0.717) is 0 Å². The largest absolute Gasteiger partial charge is 0.310 e. The van der Waals surface area contributed by atoms with Crippen molar-refractivity contribution in [3.05, 3.63) is 182 Å². The molecule has 0 atom stereocenters. The number of aromatic nitrogens is 3. The average molecular weight is 627 g/mol. The first-order valence-electron chi connectivity index (χ1n) is 16.4. The molecule has 0 spiro atoms. The summed E-state index contributed by atoms with van der Waals surface area (Å²) in [4.78, 5) is 16.9. The predicted octanol–water partition coefficient (Wildman–Crippen LogP) is 11.8. The minimum atomic E-state index is 0.879. The Morgan fingerprint density at radius 3 is 1.86 bits per heavy atom. The van der Waals surface area contributed by atoms with Gasteiger partial charge in [-0.15, -0.1) is 0 Å². The Labute approximate surface area is 284 Å². The third kappa shape index (κ3) is 5.45. The maximum absolute atomic E-state index is 5.02. The van der Waals surface area contributed by atoms with E-state index in [-0.39, 0.29) is 0 Å². The fourth-order valence-corrected chi connectivity index (χ4v) is 6.61. The van der Waals surface area contributed by atoms with Gasteiger partial charge in [0.25, 0.3) is 0 Å². The van der Waals surface area contributed by atoms with Crippen LogP contribution < -0.4 is 4.90 Å². The Morgan fingerprint density at radius 1 is 0.367 bits per heavy atom. The van der Waals surface area contributed by atoms with Crippen LogP contribution in [0.5, 0.6) is 0 Å². The van der Waals surface area contributed by atoms with Crippen LogP contribution in [0.3, 0.4) is 0 Å². The van der Waals surface area contributed by atoms with Gasteiger partial charge in [-0.3, -0.25) is 4.98 Å². The molecule has 9 aromatic rings. The van der Waals surface area contributed by atoms with Crippen molar-refractivity contribution >= 4 is 49.8 Å². The molecular weight excluding hydrogens is 597 g/mol. The number of para-hydroxylation sites is 2. The van der Waals surface area contributed by atoms with Gasteiger partial charge in [0.1, 0.15) is 0 Å². The van der Waals surface area contributed by atoms with E-state index in [1.165, 1.54) is 10.8 Å². The molecule has 9 rings (SSSR count). The van der Waals surface area contributed by atoms with Crippen molar-refractivity contribution in [3.63, 3.8) is 0 Å². The van der Waals surface area contributed by atoms with Crippen LogP contribution in [0.4, 0.5) is 17.1 Å². The number of nitrogens with zero attached hydrogens (tertiary/aromatic N) is 4. The second kappa shape index (κ2) is 12.2. The van der Waals surface area contributed by atoms with Gasteiger partial charge in [0, 0.05) is 45.3 Å². The number of benzene rings is 6. The van der Waals surface area contributed by atoms with E-state index in [2.05, 4.69) is 155 Å². The zero-order valence-corrected chi connectivity index (χ0v) is 26.6. The van der Waals surface area contributed by atoms with Gasteiger partial charge in [-0.1, -0.05) is 103 Å². The molecular formula is C45H30N4. The molecule has 4 nitrogen and oxygen atoms in total. The van der Waals surface area contributed by atoms with Crippen molar-refractivity contribution in [1.29, 1.82) is 0 Å². The molecule has 0 amide bonds. The number of rotatable bonds is 6. The summed E-state index contributed by atoms with van der Waals surface area (Å²) in [5.41, 5.74) is 12.3. The van der Waals surface area contributed by atoms with Gasteiger partial charge in [-0.05, 0) is 89.1 Å². The maximum Gasteiger partial charge on any atom is 0.0965 e. The van der Waals surface area contributed by atoms with Gasteiger partial charge >= 0.3 is 0 Å². The standard InChI is InChI=1S/C45H30N4/c1-3-10-31(11-4-1)40-30-44(48-43-16-9-27-46-45(40)43)33-19-23-38(24-20-33)49(37-13-5-2-6-14-37)39-25-21-34-28-36(18-17-35(34)29-39)42-26-22-32-12-7-8-15-41(32)47-42/h1-30H. The molecule has 0 N–H and O–H groups in total. The van der Waals surface area contributed by atoms with E-state index >= 15 is 0 Å². The lowest BCUT2D eigenvalue weighted by molar-refractivity contribution is 1.28. The third-order valence-electron chi connectivity index (χ3n) is 9.06. The summed E-state index contributed by atoms with van der Waals surface area (Å²) in [5, 5.41) is 3.49. The molecule has 0 unspecified atom stereocenters. The van der Waals surface area contributed by atoms with Gasteiger partial charge in [-0.25, -0.2) is 9.97 Å². The fraction of sp³-hybridized carbons (Fsp3) is 0. The molecule has 49 heavy (non-hydrogen) atoms. The molecule has 3 aromatic heterocycles. The normalized spacial score (nSPS) is 11.3. The molecule has 0 saturated carbocycles. The maximum atomic E-state index is 5.02. The molecule has 0 fully saturated rings. The molecule has 0 aliphatic carbocycles. The summed E-state index contributed by atoms with van der Waals surface area (Å²) in [5.74, 6) is 0. The minimum absolute atomic E-state index is 0.879. The van der Waals surface area contributed by atoms with E-state index in [4.69, 9.17) is 9.97 Å². The first-order valence-corrected chi connectivity index (χ1v) is 16.4. The smallest absolute Gasteiger partial charge is 0.0965 e. The molecule has 0 aliphatic rings. The Balaban J connectivity index is 1.09. The number of hydrogen-bond acceptors (Lipinski definition) is 4. The minimum Gasteiger partial charge on any atom is -0.310 e. The third-order valence-corrected chi connectivity index (χ3v) is 9.06. The van der Waals surface area contributed by atoms with Crippen LogP contribution in [0.2, 0.25) is 0 Å². The summed E-state index contributed by atoms with van der Waals surface area (Å²) in [7, 11) is 0. The molecule has 0 radical (unpaired) electrons. The van der Waals surface area contributed by atoms with Crippen molar-refractivity contribution in [2.45, 2.75) is 0 Å². The van der Waals surface area contributed by atoms with Crippen molar-refractivity contribution in [2.24, 2.45) is 0 Å². The van der Waals surface area contributed by atoms with Crippen molar-refractivity contribution in [1.82, 2.24) is 15.0 Å². The van der Waals surface area contributed by atoms with Gasteiger partial charge in [0.05, 0.1) is 27.9 Å². The SMILES string of the molecule is c1ccc(-c2cc(-c3ccc(N(c4ccccc4)c4ccc5cc(-c6ccc7ccccc7n6)ccc5c4)cc3)nc3cccnc23)cc1. The van der Waals surface area contributed by atoms with E-state index in [1.54, 1.807) is 0 Å². The molecule has 0 saturated heterocycles. The first-order chi connectivity index (χ1) is 24.3. The van der Waals surface area contributed by atoms with Crippen molar-refractivity contribution in [2.75, 3.05) is 4.90 Å². The molecule has 4 heteroatoms. The van der Waals surface area contributed by atoms with E-state index < -0.39 is 0 Å². The lowest BCUT2D eigenvalue weighted by Gasteiger charge is -2.26.